The lowest BCUT2D eigenvalue weighted by Gasteiger charge is -2.01. The molecule has 1 aromatic rings. The molecule has 0 atom stereocenters. The fourth-order valence-corrected chi connectivity index (χ4v) is 1.23. The van der Waals surface area contributed by atoms with Crippen molar-refractivity contribution in [1.29, 1.82) is 0 Å². The van der Waals surface area contributed by atoms with Crippen molar-refractivity contribution >= 4 is 23.5 Å². The average molecular weight is 245 g/mol. The third-order valence-electron chi connectivity index (χ3n) is 1.68. The second-order valence-electron chi connectivity index (χ2n) is 2.77. The van der Waals surface area contributed by atoms with Crippen LogP contribution in [0.15, 0.2) is 17.3 Å². The molecule has 0 aromatic heterocycles. The van der Waals surface area contributed by atoms with Gasteiger partial charge < -0.3 is 9.94 Å². The monoisotopic (exact) mass is 244 g/mol. The minimum Gasteiger partial charge on any atom is -0.502 e. The first-order valence-electron chi connectivity index (χ1n) is 4.38. The summed E-state index contributed by atoms with van der Waals surface area (Å²) in [6.07, 6.45) is 1.16. The van der Waals surface area contributed by atoms with Crippen molar-refractivity contribution in [3.63, 3.8) is 0 Å². The van der Waals surface area contributed by atoms with E-state index in [0.29, 0.717) is 6.61 Å². The summed E-state index contributed by atoms with van der Waals surface area (Å²) in [5, 5.41) is 23.7. The van der Waals surface area contributed by atoms with Crippen LogP contribution >= 0.6 is 11.6 Å². The molecule has 0 fully saturated rings. The van der Waals surface area contributed by atoms with Gasteiger partial charge in [-0.3, -0.25) is 10.1 Å². The van der Waals surface area contributed by atoms with Gasteiger partial charge in [-0.2, -0.15) is 0 Å². The van der Waals surface area contributed by atoms with Crippen LogP contribution in [0.4, 0.5) is 5.69 Å². The molecule has 0 aliphatic heterocycles. The largest absolute Gasteiger partial charge is 0.502 e. The van der Waals surface area contributed by atoms with Gasteiger partial charge in [0.25, 0.3) is 0 Å². The quantitative estimate of drug-likeness (QED) is 0.500. The summed E-state index contributed by atoms with van der Waals surface area (Å²) < 4.78 is 0. The Kier molecular flexibility index (Phi) is 4.07. The number of phenolic OH excluding ortho intramolecular Hbond substituents is 1. The number of oxime groups is 1. The Morgan fingerprint density at radius 1 is 1.69 bits per heavy atom. The number of aromatic hydroxyl groups is 1. The van der Waals surface area contributed by atoms with Gasteiger partial charge in [-0.25, -0.2) is 0 Å². The smallest absolute Gasteiger partial charge is 0.312 e. The number of nitro benzene ring substituents is 1. The van der Waals surface area contributed by atoms with Crippen LogP contribution in [-0.2, 0) is 4.84 Å². The maximum Gasteiger partial charge on any atom is 0.312 e. The highest BCUT2D eigenvalue weighted by Crippen LogP contribution is 2.32. The summed E-state index contributed by atoms with van der Waals surface area (Å²) in [6.45, 7) is 2.09. The van der Waals surface area contributed by atoms with E-state index < -0.39 is 16.4 Å². The first kappa shape index (κ1) is 12.3. The molecule has 0 spiro atoms. The lowest BCUT2D eigenvalue weighted by Crippen LogP contribution is -1.93. The Morgan fingerprint density at radius 3 is 2.94 bits per heavy atom. The molecule has 0 radical (unpaired) electrons. The van der Waals surface area contributed by atoms with Crippen LogP contribution in [-0.4, -0.2) is 22.9 Å². The van der Waals surface area contributed by atoms with Gasteiger partial charge in [0.15, 0.2) is 0 Å². The number of rotatable bonds is 4. The lowest BCUT2D eigenvalue weighted by atomic mass is 10.2. The molecule has 0 saturated heterocycles. The Morgan fingerprint density at radius 2 is 2.38 bits per heavy atom. The van der Waals surface area contributed by atoms with Gasteiger partial charge in [0, 0.05) is 16.7 Å². The van der Waals surface area contributed by atoms with Crippen molar-refractivity contribution in [3.05, 3.63) is 32.8 Å². The van der Waals surface area contributed by atoms with Gasteiger partial charge in [0.05, 0.1) is 11.1 Å². The van der Waals surface area contributed by atoms with Gasteiger partial charge in [-0.15, -0.1) is 0 Å². The molecule has 0 unspecified atom stereocenters. The number of nitrogens with zero attached hydrogens (tertiary/aromatic N) is 2. The van der Waals surface area contributed by atoms with E-state index in [1.54, 1.807) is 6.92 Å². The molecule has 1 aromatic carbocycles. The molecule has 7 heteroatoms. The van der Waals surface area contributed by atoms with Gasteiger partial charge in [-0.1, -0.05) is 16.8 Å². The van der Waals surface area contributed by atoms with Crippen LogP contribution in [0.2, 0.25) is 5.02 Å². The zero-order valence-corrected chi connectivity index (χ0v) is 9.14. The topological polar surface area (TPSA) is 85.0 Å². The van der Waals surface area contributed by atoms with Crippen LogP contribution in [0.1, 0.15) is 12.5 Å². The van der Waals surface area contributed by atoms with E-state index in [1.165, 1.54) is 6.07 Å². The number of hydrogen-bond donors (Lipinski definition) is 1. The van der Waals surface area contributed by atoms with Crippen molar-refractivity contribution in [3.8, 4) is 5.75 Å². The molecule has 1 rings (SSSR count). The normalized spacial score (nSPS) is 10.6. The van der Waals surface area contributed by atoms with Crippen LogP contribution in [0.5, 0.6) is 5.75 Å². The summed E-state index contributed by atoms with van der Waals surface area (Å²) in [6, 6.07) is 2.42. The van der Waals surface area contributed by atoms with Crippen molar-refractivity contribution in [2.45, 2.75) is 6.92 Å². The molecule has 0 saturated carbocycles. The standard InChI is InChI=1S/C9H9ClN2O4/c1-2-16-11-5-6-3-7(10)4-8(9(6)13)12(14)15/h3-5,13H,2H2,1H3/b11-5+. The van der Waals surface area contributed by atoms with Crippen LogP contribution in [0.25, 0.3) is 0 Å². The predicted molar refractivity (Wildman–Crippen MR) is 59.0 cm³/mol. The van der Waals surface area contributed by atoms with Crippen LogP contribution < -0.4 is 0 Å². The van der Waals surface area contributed by atoms with Gasteiger partial charge in [-0.05, 0) is 13.0 Å². The van der Waals surface area contributed by atoms with Gasteiger partial charge in [0.2, 0.25) is 5.75 Å². The number of benzene rings is 1. The molecule has 0 amide bonds. The molecule has 6 nitrogen and oxygen atoms in total. The van der Waals surface area contributed by atoms with E-state index in [2.05, 4.69) is 9.99 Å². The molecular weight excluding hydrogens is 236 g/mol. The van der Waals surface area contributed by atoms with Gasteiger partial charge >= 0.3 is 5.69 Å². The maximum atomic E-state index is 10.6. The number of hydrogen-bond acceptors (Lipinski definition) is 5. The Balaban J connectivity index is 3.14. The highest BCUT2D eigenvalue weighted by Gasteiger charge is 2.17. The molecule has 0 bridgehead atoms. The maximum absolute atomic E-state index is 10.6. The van der Waals surface area contributed by atoms with Crippen LogP contribution in [0, 0.1) is 10.1 Å². The zero-order valence-electron chi connectivity index (χ0n) is 8.38. The highest BCUT2D eigenvalue weighted by molar-refractivity contribution is 6.31. The third kappa shape index (κ3) is 2.83. The van der Waals surface area contributed by atoms with E-state index >= 15 is 0 Å². The summed E-state index contributed by atoms with van der Waals surface area (Å²) in [5.41, 5.74) is -0.335. The van der Waals surface area contributed by atoms with E-state index in [0.717, 1.165) is 12.3 Å². The minimum absolute atomic E-state index is 0.132. The van der Waals surface area contributed by atoms with E-state index in [1.807, 2.05) is 0 Å². The van der Waals surface area contributed by atoms with Crippen molar-refractivity contribution in [1.82, 2.24) is 0 Å². The first-order chi connectivity index (χ1) is 7.56. The minimum atomic E-state index is -0.723. The molecule has 86 valence electrons. The van der Waals surface area contributed by atoms with E-state index in [9.17, 15) is 15.2 Å². The van der Waals surface area contributed by atoms with Crippen molar-refractivity contribution < 1.29 is 14.9 Å². The Bertz CT molecular complexity index is 434. The molecule has 0 heterocycles. The average Bonchev–Trinajstić information content (AvgIpc) is 2.22. The number of phenols is 1. The summed E-state index contributed by atoms with van der Waals surface area (Å²) in [5.74, 6) is -0.488. The SMILES string of the molecule is CCO/N=C/c1cc(Cl)cc([N+](=O)[O-])c1O. The van der Waals surface area contributed by atoms with Crippen molar-refractivity contribution in [2.24, 2.45) is 5.16 Å². The molecule has 1 N–H and O–H groups in total. The first-order valence-corrected chi connectivity index (χ1v) is 4.76. The predicted octanol–water partition coefficient (Wildman–Crippen LogP) is 2.32. The van der Waals surface area contributed by atoms with Crippen LogP contribution in [0.3, 0.4) is 0 Å². The second-order valence-corrected chi connectivity index (χ2v) is 3.21. The summed E-state index contributed by atoms with van der Waals surface area (Å²) in [7, 11) is 0. The lowest BCUT2D eigenvalue weighted by molar-refractivity contribution is -0.385. The fraction of sp³-hybridized carbons (Fsp3) is 0.222. The molecular formula is C9H9ClN2O4. The second kappa shape index (κ2) is 5.32. The van der Waals surface area contributed by atoms with Crippen molar-refractivity contribution in [2.75, 3.05) is 6.61 Å². The van der Waals surface area contributed by atoms with Gasteiger partial charge in [0.1, 0.15) is 6.61 Å². The molecule has 0 aliphatic rings. The number of halogens is 1. The summed E-state index contributed by atoms with van der Waals surface area (Å²) >= 11 is 5.66. The number of nitro groups is 1. The summed E-state index contributed by atoms with van der Waals surface area (Å²) in [4.78, 5) is 14.5. The highest BCUT2D eigenvalue weighted by atomic mass is 35.5. The Labute approximate surface area is 96.2 Å². The zero-order chi connectivity index (χ0) is 12.1. The fourth-order valence-electron chi connectivity index (χ4n) is 1.01. The van der Waals surface area contributed by atoms with E-state index in [-0.39, 0.29) is 10.6 Å². The molecule has 16 heavy (non-hydrogen) atoms. The molecule has 0 aliphatic carbocycles. The third-order valence-corrected chi connectivity index (χ3v) is 1.89. The van der Waals surface area contributed by atoms with E-state index in [4.69, 9.17) is 11.6 Å². The Hall–Kier alpha value is -1.82.